The van der Waals surface area contributed by atoms with Gasteiger partial charge in [-0.25, -0.2) is 0 Å². The highest BCUT2D eigenvalue weighted by atomic mass is 15.2. The van der Waals surface area contributed by atoms with Crippen molar-refractivity contribution in [2.45, 2.75) is 31.7 Å². The van der Waals surface area contributed by atoms with Crippen LogP contribution in [0.25, 0.3) is 0 Å². The first-order chi connectivity index (χ1) is 6.74. The molecule has 0 radical (unpaired) electrons. The molecule has 1 aliphatic heterocycles. The fourth-order valence-electron chi connectivity index (χ4n) is 2.20. The van der Waals surface area contributed by atoms with Crippen LogP contribution in [-0.4, -0.2) is 56.1 Å². The molecule has 0 saturated carbocycles. The normalized spacial score (nSPS) is 23.6. The van der Waals surface area contributed by atoms with E-state index in [1.165, 1.54) is 45.3 Å². The van der Waals surface area contributed by atoms with Crippen molar-refractivity contribution in [2.75, 3.05) is 40.3 Å². The lowest BCUT2D eigenvalue weighted by molar-refractivity contribution is 0.215. The van der Waals surface area contributed by atoms with E-state index in [9.17, 15) is 0 Å². The predicted octanol–water partition coefficient (Wildman–Crippen LogP) is 0.751. The molecule has 0 spiro atoms. The maximum Gasteiger partial charge on any atom is 0.0112 e. The summed E-state index contributed by atoms with van der Waals surface area (Å²) >= 11 is 0. The zero-order valence-corrected chi connectivity index (χ0v) is 9.71. The highest BCUT2D eigenvalue weighted by molar-refractivity contribution is 4.79. The molecule has 1 rings (SSSR count). The third kappa shape index (κ3) is 3.95. The number of likely N-dealkylation sites (tertiary alicyclic amines) is 1. The molecular weight excluding hydrogens is 174 g/mol. The van der Waals surface area contributed by atoms with Crippen molar-refractivity contribution in [3.8, 4) is 0 Å². The molecule has 1 saturated heterocycles. The number of rotatable bonds is 6. The fourth-order valence-corrected chi connectivity index (χ4v) is 2.20. The first kappa shape index (κ1) is 12.0. The van der Waals surface area contributed by atoms with Gasteiger partial charge in [0.2, 0.25) is 0 Å². The van der Waals surface area contributed by atoms with Crippen molar-refractivity contribution in [3.63, 3.8) is 0 Å². The molecule has 0 aromatic rings. The summed E-state index contributed by atoms with van der Waals surface area (Å²) in [6, 6.07) is 0.818. The van der Waals surface area contributed by atoms with Gasteiger partial charge in [0, 0.05) is 19.1 Å². The second-order valence-electron chi connectivity index (χ2n) is 4.57. The molecule has 14 heavy (non-hydrogen) atoms. The van der Waals surface area contributed by atoms with Crippen LogP contribution in [0.5, 0.6) is 0 Å². The van der Waals surface area contributed by atoms with Crippen LogP contribution in [0.4, 0.5) is 0 Å². The molecule has 0 bridgehead atoms. The average molecular weight is 199 g/mol. The maximum absolute atomic E-state index is 5.55. The first-order valence-electron chi connectivity index (χ1n) is 5.83. The largest absolute Gasteiger partial charge is 0.330 e. The summed E-state index contributed by atoms with van der Waals surface area (Å²) in [6.07, 6.45) is 5.24. The van der Waals surface area contributed by atoms with Crippen LogP contribution in [0.3, 0.4) is 0 Å². The van der Waals surface area contributed by atoms with E-state index in [1.54, 1.807) is 0 Å². The van der Waals surface area contributed by atoms with Crippen LogP contribution < -0.4 is 5.73 Å². The van der Waals surface area contributed by atoms with Gasteiger partial charge in [0.25, 0.3) is 0 Å². The number of nitrogens with zero attached hydrogens (tertiary/aromatic N) is 2. The molecule has 0 amide bonds. The molecule has 1 aliphatic rings. The summed E-state index contributed by atoms with van der Waals surface area (Å²) in [5, 5.41) is 0. The molecule has 1 heterocycles. The molecule has 3 heteroatoms. The third-order valence-electron chi connectivity index (χ3n) is 3.07. The SMILES string of the molecule is CN(C)CCN1CCCC1CCCN. The molecule has 1 fully saturated rings. The topological polar surface area (TPSA) is 32.5 Å². The molecule has 0 aromatic heterocycles. The van der Waals surface area contributed by atoms with Gasteiger partial charge in [0.05, 0.1) is 0 Å². The van der Waals surface area contributed by atoms with Crippen LogP contribution >= 0.6 is 0 Å². The number of nitrogens with two attached hydrogens (primary N) is 1. The summed E-state index contributed by atoms with van der Waals surface area (Å²) in [4.78, 5) is 4.90. The van der Waals surface area contributed by atoms with Crippen LogP contribution in [0.15, 0.2) is 0 Å². The second kappa shape index (κ2) is 6.38. The Morgan fingerprint density at radius 1 is 1.43 bits per heavy atom. The van der Waals surface area contributed by atoms with Gasteiger partial charge < -0.3 is 10.6 Å². The molecule has 1 atom stereocenters. The molecular formula is C11H25N3. The molecule has 3 nitrogen and oxygen atoms in total. The quantitative estimate of drug-likeness (QED) is 0.685. The van der Waals surface area contributed by atoms with E-state index in [1.807, 2.05) is 0 Å². The minimum Gasteiger partial charge on any atom is -0.330 e. The van der Waals surface area contributed by atoms with Gasteiger partial charge >= 0.3 is 0 Å². The number of hydrogen-bond acceptors (Lipinski definition) is 3. The van der Waals surface area contributed by atoms with Crippen molar-refractivity contribution in [1.82, 2.24) is 9.80 Å². The van der Waals surface area contributed by atoms with Gasteiger partial charge in [0.1, 0.15) is 0 Å². The Labute approximate surface area is 88.2 Å². The van der Waals surface area contributed by atoms with Gasteiger partial charge in [-0.15, -0.1) is 0 Å². The summed E-state index contributed by atoms with van der Waals surface area (Å²) in [5.74, 6) is 0. The molecule has 84 valence electrons. The van der Waals surface area contributed by atoms with Crippen molar-refractivity contribution >= 4 is 0 Å². The van der Waals surface area contributed by atoms with Crippen molar-refractivity contribution in [1.29, 1.82) is 0 Å². The van der Waals surface area contributed by atoms with E-state index in [4.69, 9.17) is 5.73 Å². The molecule has 0 aliphatic carbocycles. The Morgan fingerprint density at radius 2 is 2.21 bits per heavy atom. The summed E-state index contributed by atoms with van der Waals surface area (Å²) in [7, 11) is 4.29. The molecule has 2 N–H and O–H groups in total. The predicted molar refractivity (Wildman–Crippen MR) is 61.4 cm³/mol. The summed E-state index contributed by atoms with van der Waals surface area (Å²) < 4.78 is 0. The van der Waals surface area contributed by atoms with E-state index in [0.29, 0.717) is 0 Å². The lowest BCUT2D eigenvalue weighted by Crippen LogP contribution is -2.35. The Balaban J connectivity index is 2.21. The Hall–Kier alpha value is -0.120. The van der Waals surface area contributed by atoms with Gasteiger partial charge in [-0.3, -0.25) is 4.90 Å². The van der Waals surface area contributed by atoms with E-state index in [0.717, 1.165) is 12.6 Å². The van der Waals surface area contributed by atoms with E-state index in [2.05, 4.69) is 23.9 Å². The lowest BCUT2D eigenvalue weighted by atomic mass is 10.1. The maximum atomic E-state index is 5.55. The first-order valence-corrected chi connectivity index (χ1v) is 5.83. The monoisotopic (exact) mass is 199 g/mol. The Kier molecular flexibility index (Phi) is 5.45. The van der Waals surface area contributed by atoms with Gasteiger partial charge in [-0.05, 0) is 52.9 Å². The van der Waals surface area contributed by atoms with Crippen LogP contribution in [-0.2, 0) is 0 Å². The van der Waals surface area contributed by atoms with E-state index in [-0.39, 0.29) is 0 Å². The fraction of sp³-hybridized carbons (Fsp3) is 1.00. The van der Waals surface area contributed by atoms with E-state index < -0.39 is 0 Å². The highest BCUT2D eigenvalue weighted by Crippen LogP contribution is 2.20. The van der Waals surface area contributed by atoms with Gasteiger partial charge in [-0.1, -0.05) is 0 Å². The van der Waals surface area contributed by atoms with Crippen molar-refractivity contribution < 1.29 is 0 Å². The smallest absolute Gasteiger partial charge is 0.0112 e. The average Bonchev–Trinajstić information content (AvgIpc) is 2.58. The van der Waals surface area contributed by atoms with Crippen LogP contribution in [0.2, 0.25) is 0 Å². The zero-order chi connectivity index (χ0) is 10.4. The van der Waals surface area contributed by atoms with Crippen LogP contribution in [0, 0.1) is 0 Å². The minimum absolute atomic E-state index is 0.818. The third-order valence-corrected chi connectivity index (χ3v) is 3.07. The van der Waals surface area contributed by atoms with Gasteiger partial charge in [0.15, 0.2) is 0 Å². The Bertz CT molecular complexity index is 147. The number of hydrogen-bond donors (Lipinski definition) is 1. The lowest BCUT2D eigenvalue weighted by Gasteiger charge is -2.25. The van der Waals surface area contributed by atoms with E-state index >= 15 is 0 Å². The molecule has 0 aromatic carbocycles. The summed E-state index contributed by atoms with van der Waals surface area (Å²) in [5.41, 5.74) is 5.55. The van der Waals surface area contributed by atoms with Gasteiger partial charge in [-0.2, -0.15) is 0 Å². The zero-order valence-electron chi connectivity index (χ0n) is 9.71. The molecule has 1 unspecified atom stereocenters. The highest BCUT2D eigenvalue weighted by Gasteiger charge is 2.23. The minimum atomic E-state index is 0.818. The van der Waals surface area contributed by atoms with Crippen molar-refractivity contribution in [3.05, 3.63) is 0 Å². The number of likely N-dealkylation sites (N-methyl/N-ethyl adjacent to an activating group) is 1. The second-order valence-corrected chi connectivity index (χ2v) is 4.57. The van der Waals surface area contributed by atoms with Crippen molar-refractivity contribution in [2.24, 2.45) is 5.73 Å². The summed E-state index contributed by atoms with van der Waals surface area (Å²) in [6.45, 7) is 4.54. The van der Waals surface area contributed by atoms with Crippen LogP contribution in [0.1, 0.15) is 25.7 Å². The Morgan fingerprint density at radius 3 is 2.86 bits per heavy atom. The standard InChI is InChI=1S/C11H25N3/c1-13(2)9-10-14-8-4-6-11(14)5-3-7-12/h11H,3-10,12H2,1-2H3.